The zero-order chi connectivity index (χ0) is 17.8. The largest absolute Gasteiger partial charge is 0.336 e. The van der Waals surface area contributed by atoms with Gasteiger partial charge in [-0.15, -0.1) is 0 Å². The second kappa shape index (κ2) is 5.58. The minimum absolute atomic E-state index is 0.118. The molecule has 0 spiro atoms. The second-order valence-corrected chi connectivity index (χ2v) is 7.54. The van der Waals surface area contributed by atoms with Crippen LogP contribution in [0.5, 0.6) is 0 Å². The van der Waals surface area contributed by atoms with Gasteiger partial charge >= 0.3 is 6.03 Å². The van der Waals surface area contributed by atoms with E-state index >= 15 is 0 Å². The third kappa shape index (κ3) is 2.34. The summed E-state index contributed by atoms with van der Waals surface area (Å²) in [5.74, 6) is -0.322. The molecule has 4 amide bonds. The molecule has 1 aromatic rings. The van der Waals surface area contributed by atoms with Crippen LogP contribution in [0, 0.1) is 6.92 Å². The van der Waals surface area contributed by atoms with E-state index < -0.39 is 11.6 Å². The Labute approximate surface area is 147 Å². The second-order valence-electron chi connectivity index (χ2n) is 7.54. The maximum absolute atomic E-state index is 12.8. The van der Waals surface area contributed by atoms with E-state index in [0.717, 1.165) is 12.0 Å². The molecule has 0 N–H and O–H groups in total. The topological polar surface area (TPSA) is 60.9 Å². The molecule has 0 saturated carbocycles. The van der Waals surface area contributed by atoms with Crippen LogP contribution in [-0.2, 0) is 16.1 Å². The van der Waals surface area contributed by atoms with Crippen molar-refractivity contribution < 1.29 is 14.4 Å². The minimum atomic E-state index is -0.748. The van der Waals surface area contributed by atoms with Crippen molar-refractivity contribution in [2.24, 2.45) is 0 Å². The van der Waals surface area contributed by atoms with E-state index in [9.17, 15) is 14.4 Å². The highest BCUT2D eigenvalue weighted by molar-refractivity contribution is 6.10. The Morgan fingerprint density at radius 3 is 2.52 bits per heavy atom. The molecule has 2 atom stereocenters. The van der Waals surface area contributed by atoms with Crippen LogP contribution in [-0.4, -0.2) is 57.2 Å². The summed E-state index contributed by atoms with van der Waals surface area (Å²) in [6, 6.07) is 7.14. The molecule has 4 rings (SSSR count). The van der Waals surface area contributed by atoms with Gasteiger partial charge in [-0.2, -0.15) is 0 Å². The van der Waals surface area contributed by atoms with Gasteiger partial charge < -0.3 is 9.80 Å². The molecule has 3 fully saturated rings. The van der Waals surface area contributed by atoms with Gasteiger partial charge in [0.1, 0.15) is 11.6 Å². The third-order valence-corrected chi connectivity index (χ3v) is 5.83. The van der Waals surface area contributed by atoms with E-state index in [1.165, 1.54) is 10.5 Å². The van der Waals surface area contributed by atoms with Gasteiger partial charge in [-0.1, -0.05) is 29.8 Å². The number of amides is 4. The molecule has 25 heavy (non-hydrogen) atoms. The van der Waals surface area contributed by atoms with E-state index in [1.54, 1.807) is 9.80 Å². The zero-order valence-electron chi connectivity index (χ0n) is 14.7. The predicted octanol–water partition coefficient (Wildman–Crippen LogP) is 1.91. The third-order valence-electron chi connectivity index (χ3n) is 5.83. The molecule has 1 aromatic carbocycles. The Balaban J connectivity index is 1.51. The maximum Gasteiger partial charge on any atom is 0.328 e. The number of carbonyl (C=O) groups excluding carboxylic acids is 3. The van der Waals surface area contributed by atoms with Crippen LogP contribution in [0.4, 0.5) is 4.79 Å². The van der Waals surface area contributed by atoms with E-state index in [0.29, 0.717) is 32.5 Å². The van der Waals surface area contributed by atoms with Crippen LogP contribution >= 0.6 is 0 Å². The van der Waals surface area contributed by atoms with E-state index in [-0.39, 0.29) is 17.8 Å². The molecular weight excluding hydrogens is 318 g/mol. The summed E-state index contributed by atoms with van der Waals surface area (Å²) in [5, 5.41) is 0. The zero-order valence-corrected chi connectivity index (χ0v) is 14.7. The molecule has 0 aliphatic carbocycles. The average Bonchev–Trinajstić information content (AvgIpc) is 3.19. The first kappa shape index (κ1) is 16.1. The summed E-state index contributed by atoms with van der Waals surface area (Å²) in [6.07, 6.45) is 2.05. The number of hydrogen-bond donors (Lipinski definition) is 0. The van der Waals surface area contributed by atoms with Gasteiger partial charge in [0.25, 0.3) is 5.91 Å². The number of likely N-dealkylation sites (tertiary alicyclic amines) is 1. The van der Waals surface area contributed by atoms with Crippen molar-refractivity contribution in [1.82, 2.24) is 14.7 Å². The van der Waals surface area contributed by atoms with Gasteiger partial charge in [0, 0.05) is 19.6 Å². The fourth-order valence-electron chi connectivity index (χ4n) is 4.28. The molecule has 0 unspecified atom stereocenters. The van der Waals surface area contributed by atoms with Crippen molar-refractivity contribution >= 4 is 17.8 Å². The predicted molar refractivity (Wildman–Crippen MR) is 91.6 cm³/mol. The fourth-order valence-corrected chi connectivity index (χ4v) is 4.28. The lowest BCUT2D eigenvalue weighted by Gasteiger charge is -2.23. The number of benzene rings is 1. The van der Waals surface area contributed by atoms with Gasteiger partial charge in [0.15, 0.2) is 0 Å². The van der Waals surface area contributed by atoms with Gasteiger partial charge in [-0.25, -0.2) is 9.69 Å². The Morgan fingerprint density at radius 1 is 1.12 bits per heavy atom. The van der Waals surface area contributed by atoms with Gasteiger partial charge in [-0.3, -0.25) is 9.59 Å². The first-order chi connectivity index (χ1) is 11.9. The quantitative estimate of drug-likeness (QED) is 0.789. The minimum Gasteiger partial charge on any atom is -0.336 e. The molecule has 3 heterocycles. The molecule has 3 saturated heterocycles. The normalized spacial score (nSPS) is 29.1. The summed E-state index contributed by atoms with van der Waals surface area (Å²) in [7, 11) is 0. The number of urea groups is 1. The first-order valence-corrected chi connectivity index (χ1v) is 8.91. The van der Waals surface area contributed by atoms with Gasteiger partial charge in [0.05, 0.1) is 0 Å². The number of hydrogen-bond acceptors (Lipinski definition) is 3. The molecule has 0 radical (unpaired) electrons. The molecule has 3 aliphatic rings. The molecule has 0 bridgehead atoms. The van der Waals surface area contributed by atoms with Crippen molar-refractivity contribution in [3.63, 3.8) is 0 Å². The van der Waals surface area contributed by atoms with Crippen LogP contribution in [0.15, 0.2) is 24.3 Å². The van der Waals surface area contributed by atoms with Crippen molar-refractivity contribution in [2.75, 3.05) is 13.1 Å². The molecule has 3 aliphatic heterocycles. The molecule has 0 aromatic heterocycles. The van der Waals surface area contributed by atoms with Crippen molar-refractivity contribution in [1.29, 1.82) is 0 Å². The highest BCUT2D eigenvalue weighted by Crippen LogP contribution is 2.39. The lowest BCUT2D eigenvalue weighted by atomic mass is 9.99. The molecular formula is C19H23N3O3. The lowest BCUT2D eigenvalue weighted by molar-refractivity contribution is -0.140. The Kier molecular flexibility index (Phi) is 3.60. The van der Waals surface area contributed by atoms with Crippen LogP contribution in [0.1, 0.15) is 37.3 Å². The van der Waals surface area contributed by atoms with Crippen LogP contribution in [0.2, 0.25) is 0 Å². The van der Waals surface area contributed by atoms with E-state index in [1.807, 2.05) is 38.1 Å². The maximum atomic E-state index is 12.8. The van der Waals surface area contributed by atoms with Crippen molar-refractivity contribution in [2.45, 2.75) is 51.2 Å². The standard InChI is InChI=1S/C19H23N3O3/c1-13-4-6-14(7-5-13)12-20-11-8-15(16(20)23)22-17(24)19(2)9-3-10-21(19)18(22)25/h4-7,15H,3,8-12H2,1-2H3/t15-,19-/m0/s1. The van der Waals surface area contributed by atoms with Crippen molar-refractivity contribution in [3.8, 4) is 0 Å². The summed E-state index contributed by atoms with van der Waals surface area (Å²) < 4.78 is 0. The summed E-state index contributed by atoms with van der Waals surface area (Å²) in [6.45, 7) is 5.55. The van der Waals surface area contributed by atoms with Gasteiger partial charge in [-0.05, 0) is 38.7 Å². The average molecular weight is 341 g/mol. The summed E-state index contributed by atoms with van der Waals surface area (Å²) >= 11 is 0. The number of nitrogens with zero attached hydrogens (tertiary/aromatic N) is 3. The Morgan fingerprint density at radius 2 is 1.84 bits per heavy atom. The van der Waals surface area contributed by atoms with Crippen LogP contribution < -0.4 is 0 Å². The Bertz CT molecular complexity index is 745. The number of imide groups is 1. The number of rotatable bonds is 3. The van der Waals surface area contributed by atoms with E-state index in [2.05, 4.69) is 0 Å². The van der Waals surface area contributed by atoms with Crippen LogP contribution in [0.25, 0.3) is 0 Å². The number of fused-ring (bicyclic) bond motifs is 1. The lowest BCUT2D eigenvalue weighted by Crippen LogP contribution is -2.47. The fraction of sp³-hybridized carbons (Fsp3) is 0.526. The first-order valence-electron chi connectivity index (χ1n) is 8.91. The van der Waals surface area contributed by atoms with Gasteiger partial charge in [0.2, 0.25) is 5.91 Å². The summed E-state index contributed by atoms with van der Waals surface area (Å²) in [4.78, 5) is 43.0. The van der Waals surface area contributed by atoms with Crippen molar-refractivity contribution in [3.05, 3.63) is 35.4 Å². The Hall–Kier alpha value is -2.37. The highest BCUT2D eigenvalue weighted by atomic mass is 16.2. The van der Waals surface area contributed by atoms with E-state index in [4.69, 9.17) is 0 Å². The summed E-state index contributed by atoms with van der Waals surface area (Å²) in [5.41, 5.74) is 1.49. The number of carbonyl (C=O) groups is 3. The smallest absolute Gasteiger partial charge is 0.328 e. The van der Waals surface area contributed by atoms with Crippen LogP contribution in [0.3, 0.4) is 0 Å². The monoisotopic (exact) mass is 341 g/mol. The molecule has 132 valence electrons. The highest BCUT2D eigenvalue weighted by Gasteiger charge is 2.59. The number of aryl methyl sites for hydroxylation is 1. The molecule has 6 nitrogen and oxygen atoms in total. The SMILES string of the molecule is Cc1ccc(CN2CC[C@H](N3C(=O)N4CCC[C@@]4(C)C3=O)C2=O)cc1. The molecule has 6 heteroatoms.